The second-order valence-corrected chi connectivity index (χ2v) is 5.11. The van der Waals surface area contributed by atoms with Gasteiger partial charge in [0.05, 0.1) is 0 Å². The topological polar surface area (TPSA) is 17.1 Å². The molecule has 0 aliphatic rings. The predicted molar refractivity (Wildman–Crippen MR) is 84.3 cm³/mol. The van der Waals surface area contributed by atoms with Crippen LogP contribution in [-0.4, -0.2) is 5.78 Å². The summed E-state index contributed by atoms with van der Waals surface area (Å²) in [6, 6.07) is 0. The maximum atomic E-state index is 11.4. The molecule has 0 radical (unpaired) electrons. The van der Waals surface area contributed by atoms with Crippen LogP contribution in [0.15, 0.2) is 30.5 Å². The first kappa shape index (κ1) is 17.9. The molecular formula is C18H30O. The zero-order valence-electron chi connectivity index (χ0n) is 12.6. The molecule has 0 aliphatic carbocycles. The van der Waals surface area contributed by atoms with Crippen LogP contribution < -0.4 is 0 Å². The lowest BCUT2D eigenvalue weighted by Gasteiger charge is -2.01. The van der Waals surface area contributed by atoms with Gasteiger partial charge in [0, 0.05) is 12.5 Å². The van der Waals surface area contributed by atoms with Crippen molar-refractivity contribution >= 4 is 5.78 Å². The molecule has 0 rings (SSSR count). The van der Waals surface area contributed by atoms with E-state index in [0.29, 0.717) is 6.42 Å². The molecule has 0 N–H and O–H groups in total. The molecule has 0 aromatic heterocycles. The molecule has 0 aromatic rings. The van der Waals surface area contributed by atoms with Crippen LogP contribution in [0.3, 0.4) is 0 Å². The summed E-state index contributed by atoms with van der Waals surface area (Å²) in [5.41, 5.74) is 2.80. The molecule has 0 atom stereocenters. The maximum absolute atomic E-state index is 11.4. The van der Waals surface area contributed by atoms with Crippen molar-refractivity contribution in [3.63, 3.8) is 0 Å². The molecule has 0 bridgehead atoms. The first-order chi connectivity index (χ1) is 9.31. The fourth-order valence-electron chi connectivity index (χ4n) is 2.07. The van der Waals surface area contributed by atoms with E-state index in [9.17, 15) is 4.79 Å². The van der Waals surface area contributed by atoms with Crippen molar-refractivity contribution in [3.8, 4) is 0 Å². The molecule has 1 nitrogen and oxygen atoms in total. The number of hydrogen-bond acceptors (Lipinski definition) is 1. The molecule has 0 unspecified atom stereocenters. The number of unbranched alkanes of at least 4 members (excludes halogenated alkanes) is 9. The van der Waals surface area contributed by atoms with E-state index in [4.69, 9.17) is 0 Å². The first-order valence-electron chi connectivity index (χ1n) is 7.87. The van der Waals surface area contributed by atoms with Crippen molar-refractivity contribution in [1.82, 2.24) is 0 Å². The van der Waals surface area contributed by atoms with E-state index in [2.05, 4.69) is 19.2 Å². The summed E-state index contributed by atoms with van der Waals surface area (Å²) in [7, 11) is 0. The second-order valence-electron chi connectivity index (χ2n) is 5.11. The van der Waals surface area contributed by atoms with E-state index in [-0.39, 0.29) is 5.78 Å². The lowest BCUT2D eigenvalue weighted by molar-refractivity contribution is -0.114. The average molecular weight is 262 g/mol. The van der Waals surface area contributed by atoms with Crippen molar-refractivity contribution in [3.05, 3.63) is 30.5 Å². The zero-order valence-corrected chi connectivity index (χ0v) is 12.6. The van der Waals surface area contributed by atoms with Crippen molar-refractivity contribution in [1.29, 1.82) is 0 Å². The summed E-state index contributed by atoms with van der Waals surface area (Å²) >= 11 is 0. The van der Waals surface area contributed by atoms with Crippen molar-refractivity contribution in [2.75, 3.05) is 0 Å². The van der Waals surface area contributed by atoms with Crippen LogP contribution in [0.1, 0.15) is 77.6 Å². The van der Waals surface area contributed by atoms with Crippen LogP contribution in [0, 0.1) is 0 Å². The Balaban J connectivity index is 3.24. The van der Waals surface area contributed by atoms with E-state index in [1.807, 2.05) is 0 Å². The highest BCUT2D eigenvalue weighted by atomic mass is 16.1. The van der Waals surface area contributed by atoms with Crippen LogP contribution in [0.5, 0.6) is 0 Å². The SMILES string of the molecule is C=CC=C=CC(=O)CCCCCCCCCCCC. The van der Waals surface area contributed by atoms with Gasteiger partial charge in [-0.2, -0.15) is 0 Å². The van der Waals surface area contributed by atoms with Gasteiger partial charge in [-0.3, -0.25) is 4.79 Å². The smallest absolute Gasteiger partial charge is 0.163 e. The Morgan fingerprint density at radius 1 is 0.947 bits per heavy atom. The molecule has 0 fully saturated rings. The Hall–Kier alpha value is -1.07. The fourth-order valence-corrected chi connectivity index (χ4v) is 2.07. The number of rotatable bonds is 13. The standard InChI is InChI=1S/C18H30O/c1-3-5-7-8-9-10-11-12-13-15-17-18(19)16-14-6-4-2/h4,6,16H,2-3,5,7-13,15,17H2,1H3. The summed E-state index contributed by atoms with van der Waals surface area (Å²) in [5, 5.41) is 0. The van der Waals surface area contributed by atoms with Crippen LogP contribution in [0.4, 0.5) is 0 Å². The second kappa shape index (κ2) is 15.0. The normalized spacial score (nSPS) is 9.74. The fraction of sp³-hybridized carbons (Fsp3) is 0.667. The monoisotopic (exact) mass is 262 g/mol. The van der Waals surface area contributed by atoms with Gasteiger partial charge in [-0.15, -0.1) is 5.73 Å². The number of carbonyl (C=O) groups is 1. The van der Waals surface area contributed by atoms with Crippen LogP contribution >= 0.6 is 0 Å². The van der Waals surface area contributed by atoms with Crippen molar-refractivity contribution < 1.29 is 4.79 Å². The Bertz CT molecular complexity index is 282. The minimum atomic E-state index is 0.178. The van der Waals surface area contributed by atoms with Crippen LogP contribution in [0.25, 0.3) is 0 Å². The van der Waals surface area contributed by atoms with E-state index in [1.165, 1.54) is 63.9 Å². The average Bonchev–Trinajstić information content (AvgIpc) is 2.41. The summed E-state index contributed by atoms with van der Waals surface area (Å²) in [5.74, 6) is 0.178. The zero-order chi connectivity index (χ0) is 14.2. The van der Waals surface area contributed by atoms with Crippen LogP contribution in [-0.2, 0) is 4.79 Å². The lowest BCUT2D eigenvalue weighted by Crippen LogP contribution is -1.91. The van der Waals surface area contributed by atoms with Gasteiger partial charge in [-0.1, -0.05) is 77.4 Å². The van der Waals surface area contributed by atoms with Gasteiger partial charge in [0.1, 0.15) is 0 Å². The lowest BCUT2D eigenvalue weighted by atomic mass is 10.1. The minimum absolute atomic E-state index is 0.178. The molecule has 0 amide bonds. The van der Waals surface area contributed by atoms with Gasteiger partial charge < -0.3 is 0 Å². The molecular weight excluding hydrogens is 232 g/mol. The van der Waals surface area contributed by atoms with E-state index < -0.39 is 0 Å². The molecule has 1 heteroatoms. The Kier molecular flexibility index (Phi) is 14.1. The highest BCUT2D eigenvalue weighted by molar-refractivity contribution is 5.89. The van der Waals surface area contributed by atoms with Gasteiger partial charge in [0.2, 0.25) is 0 Å². The predicted octanol–water partition coefficient (Wildman–Crippen LogP) is 5.76. The minimum Gasteiger partial charge on any atom is -0.294 e. The Morgan fingerprint density at radius 2 is 1.47 bits per heavy atom. The van der Waals surface area contributed by atoms with Gasteiger partial charge >= 0.3 is 0 Å². The molecule has 0 aliphatic heterocycles. The summed E-state index contributed by atoms with van der Waals surface area (Å²) < 4.78 is 0. The molecule has 0 spiro atoms. The van der Waals surface area contributed by atoms with Crippen molar-refractivity contribution in [2.24, 2.45) is 0 Å². The summed E-state index contributed by atoms with van der Waals surface area (Å²) in [6.07, 6.45) is 18.5. The third-order valence-electron chi connectivity index (χ3n) is 3.24. The van der Waals surface area contributed by atoms with Crippen LogP contribution in [0.2, 0.25) is 0 Å². The van der Waals surface area contributed by atoms with Gasteiger partial charge in [0.25, 0.3) is 0 Å². The molecule has 0 saturated carbocycles. The quantitative estimate of drug-likeness (QED) is 0.178. The molecule has 0 aromatic carbocycles. The summed E-state index contributed by atoms with van der Waals surface area (Å²) in [4.78, 5) is 11.4. The van der Waals surface area contributed by atoms with Crippen molar-refractivity contribution in [2.45, 2.75) is 77.6 Å². The number of hydrogen-bond donors (Lipinski definition) is 0. The largest absolute Gasteiger partial charge is 0.294 e. The van der Waals surface area contributed by atoms with Gasteiger partial charge in [-0.25, -0.2) is 0 Å². The van der Waals surface area contributed by atoms with E-state index in [1.54, 1.807) is 12.2 Å². The highest BCUT2D eigenvalue weighted by Crippen LogP contribution is 2.11. The first-order valence-corrected chi connectivity index (χ1v) is 7.87. The molecule has 108 valence electrons. The van der Waals surface area contributed by atoms with Gasteiger partial charge in [-0.05, 0) is 12.5 Å². The number of ketones is 1. The molecule has 0 saturated heterocycles. The third-order valence-corrected chi connectivity index (χ3v) is 3.24. The number of allylic oxidation sites excluding steroid dienone is 2. The van der Waals surface area contributed by atoms with E-state index in [0.717, 1.165) is 6.42 Å². The maximum Gasteiger partial charge on any atom is 0.163 e. The third kappa shape index (κ3) is 14.9. The van der Waals surface area contributed by atoms with Gasteiger partial charge in [0.15, 0.2) is 5.78 Å². The summed E-state index contributed by atoms with van der Waals surface area (Å²) in [6.45, 7) is 5.79. The molecule has 19 heavy (non-hydrogen) atoms. The Morgan fingerprint density at radius 3 is 2.00 bits per heavy atom. The highest BCUT2D eigenvalue weighted by Gasteiger charge is 1.96. The molecule has 0 heterocycles. The van der Waals surface area contributed by atoms with E-state index >= 15 is 0 Å². The Labute approximate surface area is 119 Å². The number of carbonyl (C=O) groups excluding carboxylic acids is 1.